The van der Waals surface area contributed by atoms with E-state index in [2.05, 4.69) is 14.7 Å². The van der Waals surface area contributed by atoms with E-state index in [9.17, 15) is 8.42 Å². The first-order valence-electron chi connectivity index (χ1n) is 6.50. The number of nitrogen functional groups attached to an aromatic ring is 1. The van der Waals surface area contributed by atoms with Gasteiger partial charge in [0, 0.05) is 33.2 Å². The van der Waals surface area contributed by atoms with E-state index in [0.717, 1.165) is 13.1 Å². The lowest BCUT2D eigenvalue weighted by molar-refractivity contribution is 0.0390. The molecule has 0 spiro atoms. The molecule has 1 aliphatic heterocycles. The second-order valence-corrected chi connectivity index (χ2v) is 6.48. The summed E-state index contributed by atoms with van der Waals surface area (Å²) >= 11 is 0. The maximum absolute atomic E-state index is 12.2. The summed E-state index contributed by atoms with van der Waals surface area (Å²) in [6.45, 7) is 5.73. The van der Waals surface area contributed by atoms with Gasteiger partial charge in [-0.2, -0.15) is 5.10 Å². The summed E-state index contributed by atoms with van der Waals surface area (Å²) in [6, 6.07) is 0. The molecule has 0 saturated carbocycles. The lowest BCUT2D eigenvalue weighted by Gasteiger charge is -2.26. The Kier molecular flexibility index (Phi) is 4.63. The molecule has 0 amide bonds. The van der Waals surface area contributed by atoms with Crippen molar-refractivity contribution in [2.75, 3.05) is 45.1 Å². The fraction of sp³-hybridized carbons (Fsp3) is 0.727. The van der Waals surface area contributed by atoms with Gasteiger partial charge >= 0.3 is 0 Å². The summed E-state index contributed by atoms with van der Waals surface area (Å²) < 4.78 is 33.8. The first-order valence-corrected chi connectivity index (χ1v) is 7.99. The predicted octanol–water partition coefficient (Wildman–Crippen LogP) is -1.08. The maximum Gasteiger partial charge on any atom is 0.246 e. The van der Waals surface area contributed by atoms with Crippen LogP contribution in [0.2, 0.25) is 0 Å². The number of hydrogen-bond donors (Lipinski definition) is 2. The van der Waals surface area contributed by atoms with Gasteiger partial charge in [-0.25, -0.2) is 13.1 Å². The molecule has 8 nitrogen and oxygen atoms in total. The Morgan fingerprint density at radius 1 is 1.40 bits per heavy atom. The first-order chi connectivity index (χ1) is 9.42. The molecule has 2 heterocycles. The highest BCUT2D eigenvalue weighted by molar-refractivity contribution is 7.89. The monoisotopic (exact) mass is 303 g/mol. The number of aryl methyl sites for hydroxylation is 1. The SMILES string of the molecule is Cc1c(S(=O)(=O)NCCN2CCOCC2)c(N)nn1C. The highest BCUT2D eigenvalue weighted by Gasteiger charge is 2.24. The standard InChI is InChI=1S/C11H21N5O3S/c1-9-10(11(12)14-15(9)2)20(17,18)13-3-4-16-5-7-19-8-6-16/h13H,3-8H2,1-2H3,(H2,12,14). The molecule has 0 atom stereocenters. The van der Waals surface area contributed by atoms with Crippen LogP contribution in [0.3, 0.4) is 0 Å². The molecule has 0 unspecified atom stereocenters. The molecular weight excluding hydrogens is 282 g/mol. The van der Waals surface area contributed by atoms with Crippen LogP contribution >= 0.6 is 0 Å². The van der Waals surface area contributed by atoms with E-state index in [4.69, 9.17) is 10.5 Å². The highest BCUT2D eigenvalue weighted by Crippen LogP contribution is 2.20. The van der Waals surface area contributed by atoms with Gasteiger partial charge in [0.25, 0.3) is 0 Å². The predicted molar refractivity (Wildman–Crippen MR) is 74.8 cm³/mol. The average Bonchev–Trinajstić information content (AvgIpc) is 2.64. The van der Waals surface area contributed by atoms with Crippen LogP contribution in [0.15, 0.2) is 4.90 Å². The molecule has 20 heavy (non-hydrogen) atoms. The Balaban J connectivity index is 1.97. The van der Waals surface area contributed by atoms with Gasteiger partial charge in [-0.1, -0.05) is 0 Å². The lowest BCUT2D eigenvalue weighted by Crippen LogP contribution is -2.41. The van der Waals surface area contributed by atoms with Gasteiger partial charge in [0.05, 0.1) is 18.9 Å². The summed E-state index contributed by atoms with van der Waals surface area (Å²) in [5.41, 5.74) is 6.19. The average molecular weight is 303 g/mol. The Morgan fingerprint density at radius 3 is 2.60 bits per heavy atom. The van der Waals surface area contributed by atoms with Crippen LogP contribution in [-0.2, 0) is 21.8 Å². The summed E-state index contributed by atoms with van der Waals surface area (Å²) in [5.74, 6) is 0.0314. The van der Waals surface area contributed by atoms with E-state index >= 15 is 0 Å². The van der Waals surface area contributed by atoms with Crippen LogP contribution in [0.25, 0.3) is 0 Å². The first kappa shape index (κ1) is 15.2. The molecule has 0 aromatic carbocycles. The zero-order chi connectivity index (χ0) is 14.8. The van der Waals surface area contributed by atoms with Crippen LogP contribution in [0.4, 0.5) is 5.82 Å². The van der Waals surface area contributed by atoms with Crippen molar-refractivity contribution >= 4 is 15.8 Å². The van der Waals surface area contributed by atoms with Crippen LogP contribution in [0.5, 0.6) is 0 Å². The summed E-state index contributed by atoms with van der Waals surface area (Å²) in [5, 5.41) is 3.92. The minimum absolute atomic E-state index is 0.0314. The zero-order valence-corrected chi connectivity index (χ0v) is 12.6. The smallest absolute Gasteiger partial charge is 0.246 e. The molecule has 0 aliphatic carbocycles. The van der Waals surface area contributed by atoms with Gasteiger partial charge in [0.1, 0.15) is 4.90 Å². The molecule has 9 heteroatoms. The Morgan fingerprint density at radius 2 is 2.05 bits per heavy atom. The van der Waals surface area contributed by atoms with E-state index in [1.165, 1.54) is 4.68 Å². The molecule has 2 rings (SSSR count). The number of anilines is 1. The van der Waals surface area contributed by atoms with Crippen LogP contribution in [-0.4, -0.2) is 62.5 Å². The van der Waals surface area contributed by atoms with E-state index in [1.807, 2.05) is 0 Å². The molecule has 0 radical (unpaired) electrons. The van der Waals surface area contributed by atoms with Crippen molar-refractivity contribution in [2.24, 2.45) is 7.05 Å². The number of nitrogens with one attached hydrogen (secondary N) is 1. The zero-order valence-electron chi connectivity index (χ0n) is 11.8. The number of aromatic nitrogens is 2. The maximum atomic E-state index is 12.2. The van der Waals surface area contributed by atoms with E-state index in [-0.39, 0.29) is 10.7 Å². The fourth-order valence-electron chi connectivity index (χ4n) is 2.18. The quantitative estimate of drug-likeness (QED) is 0.717. The third-order valence-corrected chi connectivity index (χ3v) is 5.02. The van der Waals surface area contributed by atoms with Crippen molar-refractivity contribution in [2.45, 2.75) is 11.8 Å². The fourth-order valence-corrected chi connectivity index (χ4v) is 3.52. The summed E-state index contributed by atoms with van der Waals surface area (Å²) in [7, 11) is -1.95. The Hall–Kier alpha value is -1.16. The van der Waals surface area contributed by atoms with Crippen molar-refractivity contribution in [3.63, 3.8) is 0 Å². The van der Waals surface area contributed by atoms with Crippen molar-refractivity contribution in [3.05, 3.63) is 5.69 Å². The minimum Gasteiger partial charge on any atom is -0.381 e. The van der Waals surface area contributed by atoms with Gasteiger partial charge < -0.3 is 10.5 Å². The summed E-state index contributed by atoms with van der Waals surface area (Å²) in [6.07, 6.45) is 0. The Labute approximate surface area is 118 Å². The largest absolute Gasteiger partial charge is 0.381 e. The Bertz CT molecular complexity index is 563. The topological polar surface area (TPSA) is 102 Å². The van der Waals surface area contributed by atoms with Crippen molar-refractivity contribution < 1.29 is 13.2 Å². The van der Waals surface area contributed by atoms with E-state index < -0.39 is 10.0 Å². The van der Waals surface area contributed by atoms with Crippen molar-refractivity contribution in [1.29, 1.82) is 0 Å². The van der Waals surface area contributed by atoms with Gasteiger partial charge in [-0.3, -0.25) is 9.58 Å². The molecule has 114 valence electrons. The molecule has 1 aromatic rings. The molecule has 0 bridgehead atoms. The molecule has 1 fully saturated rings. The number of nitrogens with two attached hydrogens (primary N) is 1. The number of nitrogens with zero attached hydrogens (tertiary/aromatic N) is 3. The van der Waals surface area contributed by atoms with Crippen LogP contribution < -0.4 is 10.5 Å². The second kappa shape index (κ2) is 6.08. The number of sulfonamides is 1. The van der Waals surface area contributed by atoms with Gasteiger partial charge in [-0.15, -0.1) is 0 Å². The second-order valence-electron chi connectivity index (χ2n) is 4.78. The summed E-state index contributed by atoms with van der Waals surface area (Å²) in [4.78, 5) is 2.23. The number of hydrogen-bond acceptors (Lipinski definition) is 6. The molecule has 1 aromatic heterocycles. The third kappa shape index (κ3) is 3.29. The van der Waals surface area contributed by atoms with Crippen LogP contribution in [0, 0.1) is 6.92 Å². The molecule has 1 aliphatic rings. The molecular formula is C11H21N5O3S. The van der Waals surface area contributed by atoms with E-state index in [1.54, 1.807) is 14.0 Å². The van der Waals surface area contributed by atoms with E-state index in [0.29, 0.717) is 32.0 Å². The van der Waals surface area contributed by atoms with Gasteiger partial charge in [-0.05, 0) is 6.92 Å². The molecule has 1 saturated heterocycles. The lowest BCUT2D eigenvalue weighted by atomic mass is 10.4. The van der Waals surface area contributed by atoms with Crippen molar-refractivity contribution in [3.8, 4) is 0 Å². The molecule has 3 N–H and O–H groups in total. The third-order valence-electron chi connectivity index (χ3n) is 3.40. The number of morpholine rings is 1. The van der Waals surface area contributed by atoms with Crippen LogP contribution in [0.1, 0.15) is 5.69 Å². The minimum atomic E-state index is -3.62. The van der Waals surface area contributed by atoms with Gasteiger partial charge in [0.15, 0.2) is 5.82 Å². The van der Waals surface area contributed by atoms with Gasteiger partial charge in [0.2, 0.25) is 10.0 Å². The normalized spacial score (nSPS) is 17.5. The number of ether oxygens (including phenoxy) is 1. The highest BCUT2D eigenvalue weighted by atomic mass is 32.2. The number of rotatable bonds is 5. The van der Waals surface area contributed by atoms with Crippen molar-refractivity contribution in [1.82, 2.24) is 19.4 Å².